The molecule has 0 amide bonds. The lowest BCUT2D eigenvalue weighted by atomic mass is 9.98. The molecule has 0 spiro atoms. The van der Waals surface area contributed by atoms with Crippen LogP contribution < -0.4 is 0 Å². The monoisotopic (exact) mass is 971 g/mol. The van der Waals surface area contributed by atoms with Gasteiger partial charge in [0.2, 0.25) is 0 Å². The van der Waals surface area contributed by atoms with Crippen molar-refractivity contribution in [3.63, 3.8) is 0 Å². The molecule has 1 heterocycles. The van der Waals surface area contributed by atoms with E-state index in [-0.39, 0.29) is 25.9 Å². The number of rotatable bonds is 44. The normalized spacial score (nSPS) is 19.2. The Morgan fingerprint density at radius 2 is 0.971 bits per heavy atom. The number of carboxylic acids is 1. The Balaban J connectivity index is 2.78. The first-order valence-corrected chi connectivity index (χ1v) is 26.9. The molecule has 0 saturated carbocycles. The first kappa shape index (κ1) is 63.2. The van der Waals surface area contributed by atoms with E-state index in [1.54, 1.807) is 0 Å². The van der Waals surface area contributed by atoms with Crippen LogP contribution >= 0.6 is 0 Å². The largest absolute Gasteiger partial charge is 0.479 e. The first-order chi connectivity index (χ1) is 33.6. The van der Waals surface area contributed by atoms with Gasteiger partial charge in [-0.3, -0.25) is 14.4 Å². The molecule has 69 heavy (non-hydrogen) atoms. The molecular formula is C57H94O12. The van der Waals surface area contributed by atoms with Crippen LogP contribution in [0.4, 0.5) is 0 Å². The molecule has 394 valence electrons. The fraction of sp³-hybridized carbons (Fsp3) is 0.719. The molecule has 1 rings (SSSR count). The summed E-state index contributed by atoms with van der Waals surface area (Å²) >= 11 is 0. The van der Waals surface area contributed by atoms with Crippen LogP contribution in [0.3, 0.4) is 0 Å². The third-order valence-corrected chi connectivity index (χ3v) is 11.8. The van der Waals surface area contributed by atoms with Gasteiger partial charge in [0.1, 0.15) is 18.8 Å². The van der Waals surface area contributed by atoms with Gasteiger partial charge in [0.25, 0.3) is 0 Å². The van der Waals surface area contributed by atoms with Gasteiger partial charge in [-0.1, -0.05) is 196 Å². The van der Waals surface area contributed by atoms with E-state index >= 15 is 0 Å². The molecule has 1 fully saturated rings. The Morgan fingerprint density at radius 1 is 0.493 bits per heavy atom. The third kappa shape index (κ3) is 35.8. The van der Waals surface area contributed by atoms with Crippen molar-refractivity contribution in [2.45, 2.75) is 250 Å². The summed E-state index contributed by atoms with van der Waals surface area (Å²) in [6.45, 7) is 5.71. The molecule has 12 nitrogen and oxygen atoms in total. The number of carbonyl (C=O) groups excluding carboxylic acids is 3. The highest BCUT2D eigenvalue weighted by atomic mass is 16.7. The van der Waals surface area contributed by atoms with Gasteiger partial charge in [-0.2, -0.15) is 0 Å². The summed E-state index contributed by atoms with van der Waals surface area (Å²) in [6.07, 6.45) is 43.3. The van der Waals surface area contributed by atoms with Crippen LogP contribution in [-0.2, 0) is 42.9 Å². The average molecular weight is 971 g/mol. The molecule has 6 atom stereocenters. The highest BCUT2D eigenvalue weighted by Crippen LogP contribution is 2.26. The number of aliphatic hydroxyl groups is 2. The molecule has 0 aromatic rings. The van der Waals surface area contributed by atoms with Gasteiger partial charge in [0.05, 0.1) is 6.61 Å². The van der Waals surface area contributed by atoms with Crippen molar-refractivity contribution in [1.82, 2.24) is 0 Å². The summed E-state index contributed by atoms with van der Waals surface area (Å²) in [5.41, 5.74) is 0. The minimum atomic E-state index is -1.92. The SMILES string of the molecule is CC/C=C\C/C=C\C/C=C\C/C=C\CCC(=O)OCC(COC1OC(C(=O)O)C(O)C(O)C1OC(=O)CCCCCCC/C=C\C/C=C\CCC)OC(=O)CCCCCCCCCCCCCCC. The van der Waals surface area contributed by atoms with Crippen LogP contribution in [0.1, 0.15) is 213 Å². The lowest BCUT2D eigenvalue weighted by Gasteiger charge is -2.40. The Bertz CT molecular complexity index is 1480. The van der Waals surface area contributed by atoms with E-state index in [9.17, 15) is 34.5 Å². The van der Waals surface area contributed by atoms with E-state index in [4.69, 9.17) is 23.7 Å². The number of hydrogen-bond acceptors (Lipinski definition) is 11. The second kappa shape index (κ2) is 45.3. The molecule has 12 heteroatoms. The highest BCUT2D eigenvalue weighted by molar-refractivity contribution is 5.74. The van der Waals surface area contributed by atoms with Crippen molar-refractivity contribution < 1.29 is 58.2 Å². The molecule has 3 N–H and O–H groups in total. The number of ether oxygens (including phenoxy) is 5. The maximum atomic E-state index is 13.1. The topological polar surface area (TPSA) is 175 Å². The van der Waals surface area contributed by atoms with Gasteiger partial charge in [-0.25, -0.2) is 4.79 Å². The Kier molecular flexibility index (Phi) is 41.5. The van der Waals surface area contributed by atoms with Gasteiger partial charge in [0, 0.05) is 19.3 Å². The maximum absolute atomic E-state index is 13.1. The van der Waals surface area contributed by atoms with E-state index in [2.05, 4.69) is 81.5 Å². The van der Waals surface area contributed by atoms with Crippen molar-refractivity contribution >= 4 is 23.9 Å². The zero-order valence-electron chi connectivity index (χ0n) is 43.0. The number of allylic oxidation sites excluding steroid dienone is 12. The number of esters is 3. The predicted octanol–water partition coefficient (Wildman–Crippen LogP) is 13.0. The van der Waals surface area contributed by atoms with Crippen LogP contribution in [0.15, 0.2) is 72.9 Å². The lowest BCUT2D eigenvalue weighted by Crippen LogP contribution is -2.61. The molecule has 0 radical (unpaired) electrons. The van der Waals surface area contributed by atoms with Crippen molar-refractivity contribution in [1.29, 1.82) is 0 Å². The molecule has 1 aliphatic rings. The maximum Gasteiger partial charge on any atom is 0.335 e. The summed E-state index contributed by atoms with van der Waals surface area (Å²) in [6, 6.07) is 0. The number of hydrogen-bond donors (Lipinski definition) is 3. The molecule has 0 aromatic heterocycles. The van der Waals surface area contributed by atoms with E-state index in [1.165, 1.54) is 57.8 Å². The van der Waals surface area contributed by atoms with Crippen LogP contribution in [-0.4, -0.2) is 89.2 Å². The van der Waals surface area contributed by atoms with Crippen molar-refractivity contribution in [2.24, 2.45) is 0 Å². The standard InChI is InChI=1S/C57H94O12/c1-4-7-10-13-16-19-22-25-28-31-34-37-40-43-49(58)65-46-48(67-50(59)44-41-38-35-32-29-26-23-20-17-14-11-8-5-2)47-66-57-55(53(62)52(61)54(69-57)56(63)64)68-51(60)45-42-39-36-33-30-27-24-21-18-15-12-9-6-3/h7,10,12,15-16,19,21,24-25,28,34,37,48,52-55,57,61-62H,4-6,8-9,11,13-14,17-18,20,22-23,26-27,29-33,35-36,38-47H2,1-3H3,(H,63,64)/b10-7-,15-12-,19-16-,24-21-,28-25-,37-34-. The Morgan fingerprint density at radius 3 is 1.51 bits per heavy atom. The van der Waals surface area contributed by atoms with Crippen LogP contribution in [0.25, 0.3) is 0 Å². The summed E-state index contributed by atoms with van der Waals surface area (Å²) in [5.74, 6) is -3.25. The second-order valence-electron chi connectivity index (χ2n) is 18.1. The molecule has 0 bridgehead atoms. The van der Waals surface area contributed by atoms with Crippen LogP contribution in [0.2, 0.25) is 0 Å². The molecule has 1 saturated heterocycles. The zero-order chi connectivity index (χ0) is 50.4. The predicted molar refractivity (Wildman–Crippen MR) is 275 cm³/mol. The summed E-state index contributed by atoms with van der Waals surface area (Å²) in [4.78, 5) is 50.8. The van der Waals surface area contributed by atoms with Gasteiger partial charge in [-0.05, 0) is 70.6 Å². The summed E-state index contributed by atoms with van der Waals surface area (Å²) in [5, 5.41) is 31.3. The molecule has 0 aromatic carbocycles. The molecule has 1 aliphatic heterocycles. The first-order valence-electron chi connectivity index (χ1n) is 26.9. The fourth-order valence-electron chi connectivity index (χ4n) is 7.65. The average Bonchev–Trinajstić information content (AvgIpc) is 3.33. The molecular weight excluding hydrogens is 877 g/mol. The quantitative estimate of drug-likeness (QED) is 0.0228. The van der Waals surface area contributed by atoms with Crippen molar-refractivity contribution in [3.05, 3.63) is 72.9 Å². The van der Waals surface area contributed by atoms with Gasteiger partial charge >= 0.3 is 23.9 Å². The number of unbranched alkanes of at least 4 members (excludes halogenated alkanes) is 18. The Hall–Kier alpha value is -3.84. The summed E-state index contributed by atoms with van der Waals surface area (Å²) in [7, 11) is 0. The smallest absolute Gasteiger partial charge is 0.335 e. The highest BCUT2D eigenvalue weighted by Gasteiger charge is 2.50. The number of aliphatic carboxylic acids is 1. The number of aliphatic hydroxyl groups excluding tert-OH is 2. The van der Waals surface area contributed by atoms with Crippen LogP contribution in [0, 0.1) is 0 Å². The fourth-order valence-corrected chi connectivity index (χ4v) is 7.65. The van der Waals surface area contributed by atoms with E-state index in [0.717, 1.165) is 96.3 Å². The van der Waals surface area contributed by atoms with Crippen LogP contribution in [0.5, 0.6) is 0 Å². The minimum Gasteiger partial charge on any atom is -0.479 e. The minimum absolute atomic E-state index is 0.0364. The van der Waals surface area contributed by atoms with E-state index < -0.39 is 67.3 Å². The second-order valence-corrected chi connectivity index (χ2v) is 18.1. The molecule has 6 unspecified atom stereocenters. The summed E-state index contributed by atoms with van der Waals surface area (Å²) < 4.78 is 28.2. The van der Waals surface area contributed by atoms with Gasteiger partial charge < -0.3 is 39.0 Å². The van der Waals surface area contributed by atoms with Gasteiger partial charge in [0.15, 0.2) is 24.6 Å². The molecule has 0 aliphatic carbocycles. The Labute approximate surface area is 417 Å². The van der Waals surface area contributed by atoms with E-state index in [0.29, 0.717) is 19.3 Å². The van der Waals surface area contributed by atoms with E-state index in [1.807, 2.05) is 12.2 Å². The lowest BCUT2D eigenvalue weighted by molar-refractivity contribution is -0.301. The zero-order valence-corrected chi connectivity index (χ0v) is 43.0. The van der Waals surface area contributed by atoms with Crippen molar-refractivity contribution in [3.8, 4) is 0 Å². The van der Waals surface area contributed by atoms with Gasteiger partial charge in [-0.15, -0.1) is 0 Å². The third-order valence-electron chi connectivity index (χ3n) is 11.8. The number of carbonyl (C=O) groups is 4. The van der Waals surface area contributed by atoms with Crippen molar-refractivity contribution in [2.75, 3.05) is 13.2 Å². The number of carboxylic acid groups (broad SMARTS) is 1.